The van der Waals surface area contributed by atoms with E-state index in [9.17, 15) is 5.11 Å². The van der Waals surface area contributed by atoms with E-state index in [1.807, 2.05) is 26.1 Å². The molecule has 3 aromatic rings. The number of fused-ring (bicyclic) bond motifs is 1. The maximum Gasteiger partial charge on any atom is 0.222 e. The first-order valence-electron chi connectivity index (χ1n) is 10.8. The van der Waals surface area contributed by atoms with E-state index < -0.39 is 5.60 Å². The maximum atomic E-state index is 11.0. The molecule has 30 heavy (non-hydrogen) atoms. The predicted octanol–water partition coefficient (Wildman–Crippen LogP) is 4.23. The third-order valence-electron chi connectivity index (χ3n) is 6.81. The van der Waals surface area contributed by atoms with Crippen molar-refractivity contribution in [3.63, 3.8) is 0 Å². The van der Waals surface area contributed by atoms with Gasteiger partial charge in [-0.2, -0.15) is 4.98 Å². The SMILES string of the molecule is Cc1nc(N)nc(NC2CCC(C3(O)CCCC3)C2)c1-c1nc2c(C)nccc2s1. The fraction of sp³-hybridized carbons (Fsp3) is 0.545. The van der Waals surface area contributed by atoms with Gasteiger partial charge in [0.15, 0.2) is 0 Å². The number of anilines is 2. The Morgan fingerprint density at radius 1 is 1.13 bits per heavy atom. The van der Waals surface area contributed by atoms with Gasteiger partial charge in [-0.05, 0) is 57.9 Å². The summed E-state index contributed by atoms with van der Waals surface area (Å²) < 4.78 is 1.10. The first-order chi connectivity index (χ1) is 14.4. The summed E-state index contributed by atoms with van der Waals surface area (Å²) in [5, 5.41) is 15.5. The number of pyridine rings is 1. The molecule has 8 heteroatoms. The highest BCUT2D eigenvalue weighted by molar-refractivity contribution is 7.21. The molecule has 2 fully saturated rings. The second kappa shape index (κ2) is 7.42. The van der Waals surface area contributed by atoms with Gasteiger partial charge in [0.25, 0.3) is 0 Å². The molecular weight excluding hydrogens is 396 g/mol. The smallest absolute Gasteiger partial charge is 0.222 e. The molecule has 2 atom stereocenters. The van der Waals surface area contributed by atoms with Gasteiger partial charge in [-0.15, -0.1) is 11.3 Å². The lowest BCUT2D eigenvalue weighted by Crippen LogP contribution is -2.34. The number of nitrogens with two attached hydrogens (primary N) is 1. The molecule has 3 aromatic heterocycles. The Morgan fingerprint density at radius 2 is 1.93 bits per heavy atom. The van der Waals surface area contributed by atoms with E-state index in [4.69, 9.17) is 10.7 Å². The van der Waals surface area contributed by atoms with Crippen molar-refractivity contribution in [2.24, 2.45) is 5.92 Å². The van der Waals surface area contributed by atoms with Crippen molar-refractivity contribution in [2.75, 3.05) is 11.1 Å². The summed E-state index contributed by atoms with van der Waals surface area (Å²) in [6.45, 7) is 3.93. The minimum absolute atomic E-state index is 0.265. The number of hydrogen-bond donors (Lipinski definition) is 3. The largest absolute Gasteiger partial charge is 0.390 e. The molecule has 0 aromatic carbocycles. The van der Waals surface area contributed by atoms with E-state index in [2.05, 4.69) is 20.3 Å². The lowest BCUT2D eigenvalue weighted by atomic mass is 9.84. The Balaban J connectivity index is 1.46. The van der Waals surface area contributed by atoms with Gasteiger partial charge < -0.3 is 16.2 Å². The molecular formula is C22H28N6OS. The van der Waals surface area contributed by atoms with Crippen LogP contribution in [0.4, 0.5) is 11.8 Å². The zero-order valence-electron chi connectivity index (χ0n) is 17.5. The number of nitrogen functional groups attached to an aromatic ring is 1. The minimum atomic E-state index is -0.475. The fourth-order valence-electron chi connectivity index (χ4n) is 5.23. The van der Waals surface area contributed by atoms with Crippen molar-refractivity contribution in [1.29, 1.82) is 0 Å². The predicted molar refractivity (Wildman–Crippen MR) is 120 cm³/mol. The number of aliphatic hydroxyl groups is 1. The molecule has 2 aliphatic rings. The zero-order valence-corrected chi connectivity index (χ0v) is 18.3. The third kappa shape index (κ3) is 3.41. The van der Waals surface area contributed by atoms with Crippen LogP contribution < -0.4 is 11.1 Å². The van der Waals surface area contributed by atoms with Gasteiger partial charge in [-0.25, -0.2) is 9.97 Å². The Morgan fingerprint density at radius 3 is 2.70 bits per heavy atom. The molecule has 0 saturated heterocycles. The fourth-order valence-corrected chi connectivity index (χ4v) is 6.34. The summed E-state index contributed by atoms with van der Waals surface area (Å²) in [6.07, 6.45) is 9.01. The van der Waals surface area contributed by atoms with Crippen LogP contribution in [0, 0.1) is 19.8 Å². The van der Waals surface area contributed by atoms with E-state index in [0.29, 0.717) is 5.92 Å². The molecule has 4 N–H and O–H groups in total. The topological polar surface area (TPSA) is 110 Å². The van der Waals surface area contributed by atoms with Crippen LogP contribution in [0.2, 0.25) is 0 Å². The average Bonchev–Trinajstić information content (AvgIpc) is 3.42. The summed E-state index contributed by atoms with van der Waals surface area (Å²) in [5.41, 5.74) is 9.09. The Labute approximate surface area is 180 Å². The van der Waals surface area contributed by atoms with E-state index in [1.54, 1.807) is 11.3 Å². The second-order valence-corrected chi connectivity index (χ2v) is 9.85. The van der Waals surface area contributed by atoms with Crippen molar-refractivity contribution < 1.29 is 5.11 Å². The number of rotatable bonds is 4. The first kappa shape index (κ1) is 19.6. The van der Waals surface area contributed by atoms with Gasteiger partial charge in [0, 0.05) is 12.2 Å². The molecule has 5 rings (SSSR count). The molecule has 0 amide bonds. The van der Waals surface area contributed by atoms with Crippen molar-refractivity contribution in [2.45, 2.75) is 70.4 Å². The summed E-state index contributed by atoms with van der Waals surface area (Å²) in [4.78, 5) is 18.2. The Hall–Kier alpha value is -2.32. The van der Waals surface area contributed by atoms with E-state index in [1.165, 1.54) is 0 Å². The van der Waals surface area contributed by atoms with Crippen LogP contribution in [0.5, 0.6) is 0 Å². The van der Waals surface area contributed by atoms with Crippen molar-refractivity contribution in [3.8, 4) is 10.6 Å². The zero-order chi connectivity index (χ0) is 20.9. The van der Waals surface area contributed by atoms with Gasteiger partial charge in [-0.1, -0.05) is 12.8 Å². The second-order valence-electron chi connectivity index (χ2n) is 8.81. The van der Waals surface area contributed by atoms with Crippen LogP contribution >= 0.6 is 11.3 Å². The van der Waals surface area contributed by atoms with E-state index in [-0.39, 0.29) is 12.0 Å². The maximum absolute atomic E-state index is 11.0. The highest BCUT2D eigenvalue weighted by Gasteiger charge is 2.43. The van der Waals surface area contributed by atoms with E-state index >= 15 is 0 Å². The standard InChI is InChI=1S/C22H28N6OS/c1-12-17(20-27-18-13(2)24-10-7-16(18)30-20)19(28-21(23)25-12)26-15-6-5-14(11-15)22(29)8-3-4-9-22/h7,10,14-15,29H,3-6,8-9,11H2,1-2H3,(H3,23,25,26,28). The molecule has 158 valence electrons. The number of nitrogens with one attached hydrogen (secondary N) is 1. The Kier molecular flexibility index (Phi) is 4.86. The number of aryl methyl sites for hydroxylation is 2. The molecule has 2 saturated carbocycles. The number of aromatic nitrogens is 4. The van der Waals surface area contributed by atoms with Crippen LogP contribution in [-0.2, 0) is 0 Å². The van der Waals surface area contributed by atoms with E-state index in [0.717, 1.165) is 82.9 Å². The average molecular weight is 425 g/mol. The first-order valence-corrected chi connectivity index (χ1v) is 11.6. The highest BCUT2D eigenvalue weighted by Crippen LogP contribution is 2.45. The number of thiazole rings is 1. The molecule has 0 spiro atoms. The Bertz CT molecular complexity index is 1090. The molecule has 0 aliphatic heterocycles. The third-order valence-corrected chi connectivity index (χ3v) is 7.85. The molecule has 2 unspecified atom stereocenters. The summed E-state index contributed by atoms with van der Waals surface area (Å²) >= 11 is 1.63. The monoisotopic (exact) mass is 424 g/mol. The van der Waals surface area contributed by atoms with Gasteiger partial charge >= 0.3 is 0 Å². The van der Waals surface area contributed by atoms with Crippen LogP contribution in [0.1, 0.15) is 56.3 Å². The molecule has 0 bridgehead atoms. The van der Waals surface area contributed by atoms with Gasteiger partial charge in [0.05, 0.1) is 27.3 Å². The van der Waals surface area contributed by atoms with Crippen LogP contribution in [0.3, 0.4) is 0 Å². The lowest BCUT2D eigenvalue weighted by Gasteiger charge is -2.29. The van der Waals surface area contributed by atoms with Crippen molar-refractivity contribution in [1.82, 2.24) is 19.9 Å². The highest BCUT2D eigenvalue weighted by atomic mass is 32.1. The van der Waals surface area contributed by atoms with Crippen molar-refractivity contribution >= 4 is 33.3 Å². The summed E-state index contributed by atoms with van der Waals surface area (Å²) in [7, 11) is 0. The number of hydrogen-bond acceptors (Lipinski definition) is 8. The van der Waals surface area contributed by atoms with Crippen LogP contribution in [0.15, 0.2) is 12.3 Å². The van der Waals surface area contributed by atoms with Crippen LogP contribution in [-0.4, -0.2) is 36.7 Å². The van der Waals surface area contributed by atoms with Crippen LogP contribution in [0.25, 0.3) is 20.8 Å². The molecule has 0 radical (unpaired) electrons. The summed E-state index contributed by atoms with van der Waals surface area (Å²) in [5.74, 6) is 1.37. The lowest BCUT2D eigenvalue weighted by molar-refractivity contribution is -0.00994. The quantitative estimate of drug-likeness (QED) is 0.575. The summed E-state index contributed by atoms with van der Waals surface area (Å²) in [6, 6.07) is 2.26. The molecule has 2 aliphatic carbocycles. The van der Waals surface area contributed by atoms with Crippen molar-refractivity contribution in [3.05, 3.63) is 23.7 Å². The van der Waals surface area contributed by atoms with Gasteiger partial charge in [0.1, 0.15) is 16.3 Å². The minimum Gasteiger partial charge on any atom is -0.390 e. The normalized spacial score (nSPS) is 23.3. The molecule has 7 nitrogen and oxygen atoms in total. The van der Waals surface area contributed by atoms with Gasteiger partial charge in [-0.3, -0.25) is 4.98 Å². The number of nitrogens with zero attached hydrogens (tertiary/aromatic N) is 4. The van der Waals surface area contributed by atoms with Gasteiger partial charge in [0.2, 0.25) is 5.95 Å². The molecule has 3 heterocycles.